The van der Waals surface area contributed by atoms with Crippen molar-refractivity contribution in [3.8, 4) is 5.75 Å². The summed E-state index contributed by atoms with van der Waals surface area (Å²) in [6, 6.07) is 13.1. The van der Waals surface area contributed by atoms with E-state index < -0.39 is 10.0 Å². The molecular weight excluding hydrogens is 438 g/mol. The number of sulfonamides is 1. The molecule has 0 bridgehead atoms. The summed E-state index contributed by atoms with van der Waals surface area (Å²) in [5.74, 6) is 0.660. The van der Waals surface area contributed by atoms with Gasteiger partial charge in [0, 0.05) is 31.7 Å². The first-order chi connectivity index (χ1) is 15.6. The maximum absolute atomic E-state index is 12.4. The van der Waals surface area contributed by atoms with Crippen LogP contribution in [-0.2, 0) is 14.8 Å². The van der Waals surface area contributed by atoms with Crippen LogP contribution in [0, 0.1) is 13.8 Å². The molecule has 0 aliphatic carbocycles. The van der Waals surface area contributed by atoms with Gasteiger partial charge in [-0.3, -0.25) is 9.10 Å². The van der Waals surface area contributed by atoms with Gasteiger partial charge in [0.25, 0.3) is 0 Å². The summed E-state index contributed by atoms with van der Waals surface area (Å²) in [5, 5.41) is 2.88. The van der Waals surface area contributed by atoms with Crippen molar-refractivity contribution in [2.24, 2.45) is 0 Å². The predicted octanol–water partition coefficient (Wildman–Crippen LogP) is 3.96. The fourth-order valence-electron chi connectivity index (χ4n) is 4.10. The maximum Gasteiger partial charge on any atom is 0.232 e. The second-order valence-electron chi connectivity index (χ2n) is 8.98. The van der Waals surface area contributed by atoms with Crippen molar-refractivity contribution in [1.82, 2.24) is 4.90 Å². The van der Waals surface area contributed by atoms with E-state index in [9.17, 15) is 13.2 Å². The van der Waals surface area contributed by atoms with Crippen LogP contribution < -0.4 is 14.4 Å². The molecule has 0 unspecified atom stereocenters. The molecule has 0 saturated carbocycles. The van der Waals surface area contributed by atoms with Gasteiger partial charge in [0.15, 0.2) is 0 Å². The zero-order chi connectivity index (χ0) is 24.0. The molecule has 8 heteroatoms. The van der Waals surface area contributed by atoms with Gasteiger partial charge in [-0.2, -0.15) is 0 Å². The first-order valence-electron chi connectivity index (χ1n) is 11.4. The fourth-order valence-corrected chi connectivity index (χ4v) is 5.05. The quantitative estimate of drug-likeness (QED) is 0.596. The number of nitrogens with one attached hydrogen (secondary N) is 1. The topological polar surface area (TPSA) is 79.0 Å². The lowest BCUT2D eigenvalue weighted by Gasteiger charge is -2.29. The van der Waals surface area contributed by atoms with E-state index in [2.05, 4.69) is 17.3 Å². The lowest BCUT2D eigenvalue weighted by molar-refractivity contribution is -0.116. The van der Waals surface area contributed by atoms with Crippen LogP contribution in [0.5, 0.6) is 5.75 Å². The molecule has 1 N–H and O–H groups in total. The highest BCUT2D eigenvalue weighted by atomic mass is 32.2. The van der Waals surface area contributed by atoms with Crippen LogP contribution in [0.15, 0.2) is 42.5 Å². The van der Waals surface area contributed by atoms with Crippen LogP contribution in [-0.4, -0.2) is 58.3 Å². The van der Waals surface area contributed by atoms with Gasteiger partial charge in [0.2, 0.25) is 15.9 Å². The van der Waals surface area contributed by atoms with Gasteiger partial charge in [0.1, 0.15) is 11.9 Å². The highest BCUT2D eigenvalue weighted by Crippen LogP contribution is 2.23. The van der Waals surface area contributed by atoms with E-state index in [1.165, 1.54) is 10.6 Å². The molecule has 0 atom stereocenters. The van der Waals surface area contributed by atoms with Gasteiger partial charge in [0.05, 0.1) is 11.9 Å². The fraction of sp³-hybridized carbons (Fsp3) is 0.480. The Bertz CT molecular complexity index is 1030. The number of nitrogens with zero attached hydrogens (tertiary/aromatic N) is 2. The van der Waals surface area contributed by atoms with Crippen molar-refractivity contribution >= 4 is 27.3 Å². The van der Waals surface area contributed by atoms with Crippen LogP contribution >= 0.6 is 0 Å². The summed E-state index contributed by atoms with van der Waals surface area (Å²) in [5.41, 5.74) is 3.33. The Morgan fingerprint density at radius 2 is 1.70 bits per heavy atom. The summed E-state index contributed by atoms with van der Waals surface area (Å²) in [6.45, 7) is 6.21. The number of rotatable bonds is 9. The van der Waals surface area contributed by atoms with Crippen molar-refractivity contribution in [1.29, 1.82) is 0 Å². The number of aryl methyl sites for hydroxylation is 2. The number of carbonyl (C=O) groups excluding carboxylic acids is 1. The minimum Gasteiger partial charge on any atom is -0.490 e. The van der Waals surface area contributed by atoms with Gasteiger partial charge in [-0.25, -0.2) is 8.42 Å². The number of anilines is 2. The third-order valence-corrected chi connectivity index (χ3v) is 6.96. The Morgan fingerprint density at radius 1 is 1.09 bits per heavy atom. The lowest BCUT2D eigenvalue weighted by Crippen LogP contribution is -2.35. The van der Waals surface area contributed by atoms with Gasteiger partial charge >= 0.3 is 0 Å². The summed E-state index contributed by atoms with van der Waals surface area (Å²) >= 11 is 0. The summed E-state index contributed by atoms with van der Waals surface area (Å²) in [7, 11) is -1.32. The van der Waals surface area contributed by atoms with E-state index >= 15 is 0 Å². The number of ether oxygens (including phenoxy) is 1. The first-order valence-corrected chi connectivity index (χ1v) is 13.3. The molecule has 0 radical (unpaired) electrons. The minimum atomic E-state index is -3.44. The summed E-state index contributed by atoms with van der Waals surface area (Å²) < 4.78 is 32.1. The highest BCUT2D eigenvalue weighted by molar-refractivity contribution is 7.92. The van der Waals surface area contributed by atoms with Crippen LogP contribution in [0.25, 0.3) is 0 Å². The molecule has 1 heterocycles. The Hall–Kier alpha value is -2.58. The molecule has 1 fully saturated rings. The number of benzene rings is 2. The van der Waals surface area contributed by atoms with Gasteiger partial charge in [-0.05, 0) is 87.7 Å². The first kappa shape index (κ1) is 25.1. The van der Waals surface area contributed by atoms with Gasteiger partial charge in [-0.15, -0.1) is 0 Å². The number of likely N-dealkylation sites (tertiary alicyclic amines) is 1. The molecule has 1 amide bonds. The third-order valence-electron chi connectivity index (χ3n) is 5.77. The van der Waals surface area contributed by atoms with Crippen molar-refractivity contribution in [3.05, 3.63) is 53.6 Å². The molecule has 2 aromatic rings. The molecule has 0 spiro atoms. The van der Waals surface area contributed by atoms with Crippen LogP contribution in [0.3, 0.4) is 0 Å². The molecule has 180 valence electrons. The molecule has 1 aliphatic rings. The Morgan fingerprint density at radius 3 is 2.27 bits per heavy atom. The smallest absolute Gasteiger partial charge is 0.232 e. The van der Waals surface area contributed by atoms with Crippen LogP contribution in [0.4, 0.5) is 11.4 Å². The molecule has 2 aromatic carbocycles. The normalized spacial score (nSPS) is 15.3. The van der Waals surface area contributed by atoms with Crippen LogP contribution in [0.2, 0.25) is 0 Å². The molecular formula is C25H35N3O4S. The van der Waals surface area contributed by atoms with E-state index in [1.807, 2.05) is 56.3 Å². The largest absolute Gasteiger partial charge is 0.490 e. The predicted molar refractivity (Wildman–Crippen MR) is 134 cm³/mol. The van der Waals surface area contributed by atoms with Gasteiger partial charge < -0.3 is 15.0 Å². The number of hydrogen-bond donors (Lipinski definition) is 1. The summed E-state index contributed by atoms with van der Waals surface area (Å²) in [6.07, 6.45) is 4.11. The van der Waals surface area contributed by atoms with Crippen molar-refractivity contribution in [2.45, 2.75) is 45.6 Å². The average molecular weight is 474 g/mol. The van der Waals surface area contributed by atoms with Crippen molar-refractivity contribution in [2.75, 3.05) is 42.6 Å². The zero-order valence-electron chi connectivity index (χ0n) is 20.0. The lowest BCUT2D eigenvalue weighted by atomic mass is 10.1. The SMILES string of the molecule is Cc1cc(C)cc(N(CCCC(=O)Nc2ccc(OC3CCN(C)CC3)cc2)S(C)(=O)=O)c1. The van der Waals surface area contributed by atoms with E-state index in [0.29, 0.717) is 17.8 Å². The van der Waals surface area contributed by atoms with Crippen molar-refractivity contribution < 1.29 is 17.9 Å². The number of carbonyl (C=O) groups is 1. The van der Waals surface area contributed by atoms with Crippen molar-refractivity contribution in [3.63, 3.8) is 0 Å². The van der Waals surface area contributed by atoms with E-state index in [1.54, 1.807) is 0 Å². The molecule has 3 rings (SSSR count). The number of amides is 1. The monoisotopic (exact) mass is 473 g/mol. The van der Waals surface area contributed by atoms with E-state index in [0.717, 1.165) is 42.8 Å². The standard InChI is InChI=1S/C25H35N3O4S/c1-19-16-20(2)18-22(17-19)28(33(4,30)31)13-5-6-25(29)26-21-7-9-23(10-8-21)32-24-11-14-27(3)15-12-24/h7-10,16-18,24H,5-6,11-15H2,1-4H3,(H,26,29). The zero-order valence-corrected chi connectivity index (χ0v) is 20.8. The molecule has 7 nitrogen and oxygen atoms in total. The van der Waals surface area contributed by atoms with E-state index in [-0.39, 0.29) is 25.0 Å². The molecule has 33 heavy (non-hydrogen) atoms. The Balaban J connectivity index is 1.50. The average Bonchev–Trinajstić information content (AvgIpc) is 2.72. The second-order valence-corrected chi connectivity index (χ2v) is 10.9. The summed E-state index contributed by atoms with van der Waals surface area (Å²) in [4.78, 5) is 14.7. The van der Waals surface area contributed by atoms with E-state index in [4.69, 9.17) is 4.74 Å². The van der Waals surface area contributed by atoms with Crippen LogP contribution in [0.1, 0.15) is 36.8 Å². The van der Waals surface area contributed by atoms with Gasteiger partial charge in [-0.1, -0.05) is 6.07 Å². The number of piperidine rings is 1. The Kier molecular flexibility index (Phi) is 8.37. The molecule has 0 aromatic heterocycles. The number of hydrogen-bond acceptors (Lipinski definition) is 5. The molecule has 1 saturated heterocycles. The Labute approximate surface area is 197 Å². The maximum atomic E-state index is 12.4. The third kappa shape index (κ3) is 7.75. The molecule has 1 aliphatic heterocycles. The second kappa shape index (κ2) is 11.0. The highest BCUT2D eigenvalue weighted by Gasteiger charge is 2.19. The minimum absolute atomic E-state index is 0.146.